The van der Waals surface area contributed by atoms with Gasteiger partial charge in [0.2, 0.25) is 0 Å². The average molecular weight is 419 g/mol. The smallest absolute Gasteiger partial charge is 0.262 e. The van der Waals surface area contributed by atoms with Crippen molar-refractivity contribution in [2.75, 3.05) is 13.7 Å². The summed E-state index contributed by atoms with van der Waals surface area (Å²) in [7, 11) is 1.66. The highest BCUT2D eigenvalue weighted by Gasteiger charge is 2.16. The number of ether oxygens (including phenoxy) is 1. The van der Waals surface area contributed by atoms with Crippen LogP contribution in [0.4, 0.5) is 0 Å². The highest BCUT2D eigenvalue weighted by molar-refractivity contribution is 5.73. The predicted octanol–water partition coefficient (Wildman–Crippen LogP) is 2.77. The number of hydrogen-bond acceptors (Lipinski definition) is 5. The lowest BCUT2D eigenvalue weighted by Crippen LogP contribution is -2.21. The van der Waals surface area contributed by atoms with Gasteiger partial charge in [0.1, 0.15) is 11.2 Å². The molecule has 4 rings (SSSR count). The summed E-state index contributed by atoms with van der Waals surface area (Å²) in [5.41, 5.74) is 2.57. The van der Waals surface area contributed by atoms with Crippen molar-refractivity contribution in [3.05, 3.63) is 86.5 Å². The molecule has 3 heterocycles. The number of pyridine rings is 1. The van der Waals surface area contributed by atoms with E-state index in [1.54, 1.807) is 41.7 Å². The van der Waals surface area contributed by atoms with Crippen LogP contribution in [0.1, 0.15) is 36.3 Å². The lowest BCUT2D eigenvalue weighted by molar-refractivity contribution is 0.179. The van der Waals surface area contributed by atoms with Gasteiger partial charge in [-0.1, -0.05) is 24.3 Å². The fourth-order valence-corrected chi connectivity index (χ4v) is 3.67. The number of nitrogens with one attached hydrogen (secondary N) is 1. The Morgan fingerprint density at radius 2 is 1.97 bits per heavy atom. The van der Waals surface area contributed by atoms with Gasteiger partial charge in [-0.3, -0.25) is 14.2 Å². The molecule has 0 aliphatic rings. The topological polar surface area (TPSA) is 94.8 Å². The average Bonchev–Trinajstić information content (AvgIpc) is 3.19. The Balaban J connectivity index is 1.76. The molecule has 1 N–H and O–H groups in total. The van der Waals surface area contributed by atoms with E-state index < -0.39 is 0 Å². The number of fused-ring (bicyclic) bond motifs is 1. The van der Waals surface area contributed by atoms with Crippen molar-refractivity contribution in [3.8, 4) is 5.69 Å². The zero-order valence-corrected chi connectivity index (χ0v) is 17.8. The third-order valence-corrected chi connectivity index (χ3v) is 5.42. The number of hydrogen-bond donors (Lipinski definition) is 1. The van der Waals surface area contributed by atoms with E-state index in [-0.39, 0.29) is 17.2 Å². The quantitative estimate of drug-likeness (QED) is 0.497. The molecule has 8 nitrogen and oxygen atoms in total. The molecule has 31 heavy (non-hydrogen) atoms. The van der Waals surface area contributed by atoms with E-state index in [9.17, 15) is 9.59 Å². The number of benzene rings is 1. The first kappa shape index (κ1) is 20.7. The highest BCUT2D eigenvalue weighted by atomic mass is 16.5. The van der Waals surface area contributed by atoms with E-state index in [1.807, 2.05) is 37.3 Å². The van der Waals surface area contributed by atoms with Gasteiger partial charge < -0.3 is 9.72 Å². The maximum absolute atomic E-state index is 12.7. The van der Waals surface area contributed by atoms with E-state index in [1.165, 1.54) is 0 Å². The number of aromatic nitrogens is 5. The summed E-state index contributed by atoms with van der Waals surface area (Å²) in [6, 6.07) is 11.3. The standard InChI is InChI=1S/C23H25N5O3/c1-15-7-6-11-27(23(15)30)19-9-5-4-8-17(19)13-20-25-21-18(22(29)26-20)14-24-28(21)16(2)10-12-31-3/h4-9,11,14,16H,10,12-13H2,1-3H3,(H,25,26,29). The van der Waals surface area contributed by atoms with Gasteiger partial charge in [0, 0.05) is 31.9 Å². The molecular weight excluding hydrogens is 394 g/mol. The van der Waals surface area contributed by atoms with Gasteiger partial charge in [-0.15, -0.1) is 0 Å². The molecule has 3 aromatic heterocycles. The van der Waals surface area contributed by atoms with E-state index in [4.69, 9.17) is 9.72 Å². The summed E-state index contributed by atoms with van der Waals surface area (Å²) in [5, 5.41) is 4.83. The van der Waals surface area contributed by atoms with Crippen LogP contribution in [0.2, 0.25) is 0 Å². The normalized spacial score (nSPS) is 12.4. The van der Waals surface area contributed by atoms with Gasteiger partial charge in [0.15, 0.2) is 5.65 Å². The summed E-state index contributed by atoms with van der Waals surface area (Å²) in [5.74, 6) is 0.520. The summed E-state index contributed by atoms with van der Waals surface area (Å²) in [6.07, 6.45) is 4.43. The maximum atomic E-state index is 12.7. The SMILES string of the molecule is COCCC(C)n1ncc2c(=O)[nH]c(Cc3ccccc3-n3cccc(C)c3=O)nc21. The number of para-hydroxylation sites is 1. The van der Waals surface area contributed by atoms with Gasteiger partial charge in [0.05, 0.1) is 17.9 Å². The van der Waals surface area contributed by atoms with Crippen LogP contribution in [-0.4, -0.2) is 38.0 Å². The molecule has 1 unspecified atom stereocenters. The Bertz CT molecular complexity index is 1340. The third kappa shape index (κ3) is 4.06. The first-order valence-electron chi connectivity index (χ1n) is 10.2. The third-order valence-electron chi connectivity index (χ3n) is 5.42. The van der Waals surface area contributed by atoms with E-state index in [0.717, 1.165) is 17.7 Å². The molecule has 0 amide bonds. The lowest BCUT2D eigenvalue weighted by Gasteiger charge is -2.14. The number of rotatable bonds is 7. The molecule has 0 aliphatic heterocycles. The summed E-state index contributed by atoms with van der Waals surface area (Å²) in [6.45, 7) is 4.41. The van der Waals surface area contributed by atoms with Gasteiger partial charge >= 0.3 is 0 Å². The van der Waals surface area contributed by atoms with Crippen LogP contribution in [0.5, 0.6) is 0 Å². The predicted molar refractivity (Wildman–Crippen MR) is 119 cm³/mol. The van der Waals surface area contributed by atoms with Gasteiger partial charge in [-0.05, 0) is 38.0 Å². The van der Waals surface area contributed by atoms with Crippen LogP contribution in [0.15, 0.2) is 58.4 Å². The number of nitrogens with zero attached hydrogens (tertiary/aromatic N) is 4. The van der Waals surface area contributed by atoms with Crippen molar-refractivity contribution in [1.29, 1.82) is 0 Å². The minimum Gasteiger partial charge on any atom is -0.385 e. The molecule has 0 saturated carbocycles. The minimum atomic E-state index is -0.226. The van der Waals surface area contributed by atoms with Gasteiger partial charge in [0.25, 0.3) is 11.1 Å². The lowest BCUT2D eigenvalue weighted by atomic mass is 10.1. The largest absolute Gasteiger partial charge is 0.385 e. The van der Waals surface area contributed by atoms with Gasteiger partial charge in [-0.25, -0.2) is 9.67 Å². The zero-order valence-electron chi connectivity index (χ0n) is 17.8. The van der Waals surface area contributed by atoms with E-state index in [0.29, 0.717) is 35.4 Å². The van der Waals surface area contributed by atoms with Crippen molar-refractivity contribution >= 4 is 11.0 Å². The fraction of sp³-hybridized carbons (Fsp3) is 0.304. The first-order valence-corrected chi connectivity index (χ1v) is 10.2. The van der Waals surface area contributed by atoms with Crippen LogP contribution in [0.25, 0.3) is 16.7 Å². The number of H-pyrrole nitrogens is 1. The molecule has 0 fully saturated rings. The highest BCUT2D eigenvalue weighted by Crippen LogP contribution is 2.19. The molecule has 0 saturated heterocycles. The second kappa shape index (κ2) is 8.69. The number of methoxy groups -OCH3 is 1. The Labute approximate surface area is 179 Å². The molecule has 0 spiro atoms. The Morgan fingerprint density at radius 1 is 1.16 bits per heavy atom. The molecule has 0 aliphatic carbocycles. The maximum Gasteiger partial charge on any atom is 0.262 e. The molecule has 0 bridgehead atoms. The van der Waals surface area contributed by atoms with E-state index in [2.05, 4.69) is 10.1 Å². The van der Waals surface area contributed by atoms with Crippen LogP contribution in [0, 0.1) is 6.92 Å². The summed E-state index contributed by atoms with van der Waals surface area (Å²) >= 11 is 0. The molecule has 4 aromatic rings. The first-order chi connectivity index (χ1) is 15.0. The Hall–Kier alpha value is -3.52. The van der Waals surface area contributed by atoms with Crippen molar-refractivity contribution in [2.24, 2.45) is 0 Å². The van der Waals surface area contributed by atoms with Crippen LogP contribution >= 0.6 is 0 Å². The second-order valence-electron chi connectivity index (χ2n) is 7.64. The summed E-state index contributed by atoms with van der Waals surface area (Å²) < 4.78 is 8.56. The monoisotopic (exact) mass is 419 g/mol. The van der Waals surface area contributed by atoms with Gasteiger partial charge in [-0.2, -0.15) is 5.10 Å². The molecule has 0 radical (unpaired) electrons. The van der Waals surface area contributed by atoms with Crippen LogP contribution in [-0.2, 0) is 11.2 Å². The number of aryl methyl sites for hydroxylation is 1. The molecule has 8 heteroatoms. The fourth-order valence-electron chi connectivity index (χ4n) is 3.67. The molecular formula is C23H25N5O3. The van der Waals surface area contributed by atoms with Crippen LogP contribution in [0.3, 0.4) is 0 Å². The second-order valence-corrected chi connectivity index (χ2v) is 7.64. The Morgan fingerprint density at radius 3 is 2.77 bits per heavy atom. The van der Waals surface area contributed by atoms with E-state index >= 15 is 0 Å². The molecule has 1 aromatic carbocycles. The summed E-state index contributed by atoms with van der Waals surface area (Å²) in [4.78, 5) is 32.9. The molecule has 160 valence electrons. The molecule has 1 atom stereocenters. The van der Waals surface area contributed by atoms with Crippen molar-refractivity contribution in [2.45, 2.75) is 32.7 Å². The number of aromatic amines is 1. The zero-order chi connectivity index (χ0) is 22.0. The minimum absolute atomic E-state index is 0.0396. The van der Waals surface area contributed by atoms with Crippen molar-refractivity contribution < 1.29 is 4.74 Å². The van der Waals surface area contributed by atoms with Crippen LogP contribution < -0.4 is 11.1 Å². The van der Waals surface area contributed by atoms with Crippen molar-refractivity contribution in [3.63, 3.8) is 0 Å². The van der Waals surface area contributed by atoms with Crippen molar-refractivity contribution in [1.82, 2.24) is 24.3 Å². The Kier molecular flexibility index (Phi) is 5.81.